The van der Waals surface area contributed by atoms with Gasteiger partial charge < -0.3 is 0 Å². The lowest BCUT2D eigenvalue weighted by Gasteiger charge is -2.30. The molecule has 2 rings (SSSR count). The standard InChI is InChI=1S/C14H19N/c1-15-12-6-5-9-14(15)11-10-13-7-3-2-4-8-13/h2-4,7-8,10-11,14H,5-6,9,12H2,1H3. The Labute approximate surface area is 92.4 Å². The highest BCUT2D eigenvalue weighted by Crippen LogP contribution is 2.16. The van der Waals surface area contributed by atoms with Gasteiger partial charge in [-0.1, -0.05) is 48.9 Å². The molecule has 1 atom stereocenters. The summed E-state index contributed by atoms with van der Waals surface area (Å²) in [5, 5.41) is 0. The summed E-state index contributed by atoms with van der Waals surface area (Å²) in [6.45, 7) is 1.24. The molecule has 1 aliphatic rings. The van der Waals surface area contributed by atoms with E-state index in [1.54, 1.807) is 0 Å². The third-order valence-corrected chi connectivity index (χ3v) is 3.14. The number of nitrogens with zero attached hydrogens (tertiary/aromatic N) is 1. The smallest absolute Gasteiger partial charge is 0.0278 e. The van der Waals surface area contributed by atoms with Crippen molar-refractivity contribution in [3.8, 4) is 0 Å². The molecule has 1 nitrogen and oxygen atoms in total. The molecule has 0 spiro atoms. The van der Waals surface area contributed by atoms with Crippen LogP contribution in [0.5, 0.6) is 0 Å². The zero-order chi connectivity index (χ0) is 10.5. The van der Waals surface area contributed by atoms with E-state index >= 15 is 0 Å². The molecular weight excluding hydrogens is 182 g/mol. The largest absolute Gasteiger partial charge is 0.300 e. The molecular formula is C14H19N. The van der Waals surface area contributed by atoms with E-state index in [1.165, 1.54) is 31.4 Å². The van der Waals surface area contributed by atoms with Crippen LogP contribution in [-0.2, 0) is 0 Å². The van der Waals surface area contributed by atoms with Crippen LogP contribution in [0.3, 0.4) is 0 Å². The van der Waals surface area contributed by atoms with E-state index in [0.29, 0.717) is 6.04 Å². The zero-order valence-corrected chi connectivity index (χ0v) is 9.39. The molecule has 0 N–H and O–H groups in total. The maximum atomic E-state index is 2.45. The molecule has 0 radical (unpaired) electrons. The van der Waals surface area contributed by atoms with Crippen molar-refractivity contribution >= 4 is 6.08 Å². The molecule has 1 heteroatoms. The molecule has 0 aromatic heterocycles. The van der Waals surface area contributed by atoms with Gasteiger partial charge in [0.2, 0.25) is 0 Å². The average molecular weight is 201 g/mol. The molecule has 1 aromatic rings. The van der Waals surface area contributed by atoms with Crippen LogP contribution in [0.4, 0.5) is 0 Å². The van der Waals surface area contributed by atoms with Crippen molar-refractivity contribution in [2.24, 2.45) is 0 Å². The normalized spacial score (nSPS) is 23.4. The number of benzene rings is 1. The summed E-state index contributed by atoms with van der Waals surface area (Å²) in [5.41, 5.74) is 1.30. The summed E-state index contributed by atoms with van der Waals surface area (Å²) in [5.74, 6) is 0. The second kappa shape index (κ2) is 5.13. The van der Waals surface area contributed by atoms with E-state index in [9.17, 15) is 0 Å². The topological polar surface area (TPSA) is 3.24 Å². The van der Waals surface area contributed by atoms with E-state index in [0.717, 1.165) is 0 Å². The van der Waals surface area contributed by atoms with Gasteiger partial charge >= 0.3 is 0 Å². The highest BCUT2D eigenvalue weighted by Gasteiger charge is 2.15. The third-order valence-electron chi connectivity index (χ3n) is 3.14. The van der Waals surface area contributed by atoms with Gasteiger partial charge in [-0.3, -0.25) is 4.90 Å². The summed E-state index contributed by atoms with van der Waals surface area (Å²) < 4.78 is 0. The minimum Gasteiger partial charge on any atom is -0.300 e. The molecule has 0 amide bonds. The lowest BCUT2D eigenvalue weighted by atomic mass is 10.0. The molecule has 1 saturated heterocycles. The minimum atomic E-state index is 0.638. The fourth-order valence-corrected chi connectivity index (χ4v) is 2.13. The monoisotopic (exact) mass is 201 g/mol. The van der Waals surface area contributed by atoms with Crippen LogP contribution in [0.2, 0.25) is 0 Å². The molecule has 1 heterocycles. The fourth-order valence-electron chi connectivity index (χ4n) is 2.13. The molecule has 1 unspecified atom stereocenters. The Hall–Kier alpha value is -1.08. The van der Waals surface area contributed by atoms with Gasteiger partial charge in [-0.05, 0) is 32.0 Å². The summed E-state index contributed by atoms with van der Waals surface area (Å²) in [4.78, 5) is 2.45. The minimum absolute atomic E-state index is 0.638. The number of piperidine rings is 1. The van der Waals surface area contributed by atoms with Gasteiger partial charge in [-0.25, -0.2) is 0 Å². The van der Waals surface area contributed by atoms with Crippen molar-refractivity contribution in [2.75, 3.05) is 13.6 Å². The zero-order valence-electron chi connectivity index (χ0n) is 9.39. The van der Waals surface area contributed by atoms with Gasteiger partial charge in [0.25, 0.3) is 0 Å². The van der Waals surface area contributed by atoms with Crippen molar-refractivity contribution < 1.29 is 0 Å². The highest BCUT2D eigenvalue weighted by atomic mass is 15.1. The maximum absolute atomic E-state index is 2.45. The van der Waals surface area contributed by atoms with Gasteiger partial charge in [-0.2, -0.15) is 0 Å². The highest BCUT2D eigenvalue weighted by molar-refractivity contribution is 5.49. The predicted molar refractivity (Wildman–Crippen MR) is 65.7 cm³/mol. The maximum Gasteiger partial charge on any atom is 0.0278 e. The van der Waals surface area contributed by atoms with Crippen molar-refractivity contribution in [3.63, 3.8) is 0 Å². The molecule has 80 valence electrons. The van der Waals surface area contributed by atoms with Crippen LogP contribution in [-0.4, -0.2) is 24.5 Å². The van der Waals surface area contributed by atoms with Crippen LogP contribution < -0.4 is 0 Å². The number of hydrogen-bond acceptors (Lipinski definition) is 1. The molecule has 0 saturated carbocycles. The molecule has 1 aliphatic heterocycles. The number of hydrogen-bond donors (Lipinski definition) is 0. The Morgan fingerprint density at radius 2 is 2.00 bits per heavy atom. The summed E-state index contributed by atoms with van der Waals surface area (Å²) in [7, 11) is 2.22. The van der Waals surface area contributed by atoms with Crippen LogP contribution in [0.1, 0.15) is 24.8 Å². The number of likely N-dealkylation sites (N-methyl/N-ethyl adjacent to an activating group) is 1. The Morgan fingerprint density at radius 1 is 1.20 bits per heavy atom. The van der Waals surface area contributed by atoms with Gasteiger partial charge in [0.1, 0.15) is 0 Å². The van der Waals surface area contributed by atoms with E-state index in [-0.39, 0.29) is 0 Å². The molecule has 0 bridgehead atoms. The summed E-state index contributed by atoms with van der Waals surface area (Å²) in [6, 6.07) is 11.2. The van der Waals surface area contributed by atoms with E-state index in [1.807, 2.05) is 0 Å². The second-order valence-corrected chi connectivity index (χ2v) is 4.31. The Kier molecular flexibility index (Phi) is 3.57. The van der Waals surface area contributed by atoms with Crippen molar-refractivity contribution in [1.29, 1.82) is 0 Å². The molecule has 0 aliphatic carbocycles. The van der Waals surface area contributed by atoms with E-state index in [4.69, 9.17) is 0 Å². The molecule has 1 fully saturated rings. The first kappa shape index (κ1) is 10.4. The summed E-state index contributed by atoms with van der Waals surface area (Å²) >= 11 is 0. The van der Waals surface area contributed by atoms with Gasteiger partial charge in [0.05, 0.1) is 0 Å². The quantitative estimate of drug-likeness (QED) is 0.710. The van der Waals surface area contributed by atoms with Gasteiger partial charge in [0.15, 0.2) is 0 Å². The Balaban J connectivity index is 1.98. The van der Waals surface area contributed by atoms with Crippen LogP contribution in [0, 0.1) is 0 Å². The average Bonchev–Trinajstić information content (AvgIpc) is 2.29. The second-order valence-electron chi connectivity index (χ2n) is 4.31. The van der Waals surface area contributed by atoms with Crippen LogP contribution in [0.25, 0.3) is 6.08 Å². The number of likely N-dealkylation sites (tertiary alicyclic amines) is 1. The Bertz CT molecular complexity index is 315. The first-order valence-electron chi connectivity index (χ1n) is 5.80. The van der Waals surface area contributed by atoms with Crippen molar-refractivity contribution in [3.05, 3.63) is 42.0 Å². The SMILES string of the molecule is CN1CCCCC1C=Cc1ccccc1. The molecule has 15 heavy (non-hydrogen) atoms. The third kappa shape index (κ3) is 2.93. The predicted octanol–water partition coefficient (Wildman–Crippen LogP) is 3.18. The van der Waals surface area contributed by atoms with Crippen molar-refractivity contribution in [1.82, 2.24) is 4.90 Å². The van der Waals surface area contributed by atoms with E-state index in [2.05, 4.69) is 54.4 Å². The van der Waals surface area contributed by atoms with Gasteiger partial charge in [-0.15, -0.1) is 0 Å². The first-order valence-corrected chi connectivity index (χ1v) is 5.80. The lowest BCUT2D eigenvalue weighted by molar-refractivity contribution is 0.222. The Morgan fingerprint density at radius 3 is 2.73 bits per heavy atom. The summed E-state index contributed by atoms with van der Waals surface area (Å²) in [6.07, 6.45) is 8.61. The number of rotatable bonds is 2. The first-order chi connectivity index (χ1) is 7.36. The van der Waals surface area contributed by atoms with Gasteiger partial charge in [0, 0.05) is 6.04 Å². The van der Waals surface area contributed by atoms with Crippen LogP contribution in [0.15, 0.2) is 36.4 Å². The van der Waals surface area contributed by atoms with Crippen molar-refractivity contribution in [2.45, 2.75) is 25.3 Å². The lowest BCUT2D eigenvalue weighted by Crippen LogP contribution is -2.34. The van der Waals surface area contributed by atoms with E-state index < -0.39 is 0 Å². The molecule has 1 aromatic carbocycles. The van der Waals surface area contributed by atoms with Crippen LogP contribution >= 0.6 is 0 Å². The fraction of sp³-hybridized carbons (Fsp3) is 0.429.